The van der Waals surface area contributed by atoms with Crippen LogP contribution in [0.3, 0.4) is 0 Å². The summed E-state index contributed by atoms with van der Waals surface area (Å²) in [6, 6.07) is 12.2. The number of nitriles is 1. The number of ketones is 1. The van der Waals surface area contributed by atoms with E-state index in [1.54, 1.807) is 44.2 Å². The van der Waals surface area contributed by atoms with Gasteiger partial charge in [0.05, 0.1) is 21.1 Å². The van der Waals surface area contributed by atoms with Crippen LogP contribution in [0, 0.1) is 18.3 Å². The third kappa shape index (κ3) is 6.53. The minimum absolute atomic E-state index is 0.275. The van der Waals surface area contributed by atoms with Gasteiger partial charge < -0.3 is 9.47 Å². The molecule has 2 aromatic rings. The van der Waals surface area contributed by atoms with Crippen LogP contribution in [0.2, 0.25) is 15.1 Å². The van der Waals surface area contributed by atoms with E-state index in [4.69, 9.17) is 44.3 Å². The Balaban J connectivity index is 2.24. The predicted octanol–water partition coefficient (Wildman–Crippen LogP) is 7.81. The quantitative estimate of drug-likeness (QED) is 0.264. The predicted molar refractivity (Wildman–Crippen MR) is 129 cm³/mol. The van der Waals surface area contributed by atoms with Gasteiger partial charge in [0.15, 0.2) is 23.4 Å². The van der Waals surface area contributed by atoms with Gasteiger partial charge in [0, 0.05) is 0 Å². The summed E-state index contributed by atoms with van der Waals surface area (Å²) in [5.74, 6) is -0.179. The Morgan fingerprint density at radius 2 is 1.81 bits per heavy atom. The topological polar surface area (TPSA) is 59.3 Å². The van der Waals surface area contributed by atoms with Gasteiger partial charge in [-0.15, -0.1) is 0 Å². The maximum atomic E-state index is 13.0. The number of halogens is 3. The monoisotopic (exact) mass is 491 g/mol. The van der Waals surface area contributed by atoms with Crippen LogP contribution in [-0.2, 0) is 9.53 Å². The van der Waals surface area contributed by atoms with Crippen molar-refractivity contribution in [3.05, 3.63) is 86.3 Å². The van der Waals surface area contributed by atoms with Gasteiger partial charge in [-0.25, -0.2) is 0 Å². The zero-order valence-electron chi connectivity index (χ0n) is 18.3. The van der Waals surface area contributed by atoms with Crippen molar-refractivity contribution in [3.8, 4) is 11.8 Å². The van der Waals surface area contributed by atoms with E-state index in [0.29, 0.717) is 39.3 Å². The first-order chi connectivity index (χ1) is 15.2. The number of carbonyl (C=O) groups is 1. The normalized spacial score (nSPS) is 13.8. The van der Waals surface area contributed by atoms with E-state index in [2.05, 4.69) is 0 Å². The van der Waals surface area contributed by atoms with Crippen molar-refractivity contribution in [2.24, 2.45) is 0 Å². The molecule has 168 valence electrons. The number of benzene rings is 2. The molecule has 0 saturated heterocycles. The Bertz CT molecular complexity index is 1090. The second-order valence-electron chi connectivity index (χ2n) is 7.06. The molecule has 0 amide bonds. The molecule has 2 rings (SSSR count). The molecule has 0 bridgehead atoms. The number of hydrogen-bond donors (Lipinski definition) is 0. The molecule has 2 aromatic carbocycles. The average molecular weight is 493 g/mol. The van der Waals surface area contributed by atoms with E-state index in [-0.39, 0.29) is 5.02 Å². The molecule has 0 aliphatic carbocycles. The summed E-state index contributed by atoms with van der Waals surface area (Å²) in [5, 5.41) is 10.7. The number of allylic oxidation sites excluding steroid dienone is 2. The minimum Gasteiger partial charge on any atom is -0.479 e. The molecule has 0 aromatic heterocycles. The zero-order chi connectivity index (χ0) is 23.8. The van der Waals surface area contributed by atoms with E-state index in [0.717, 1.165) is 5.56 Å². The molecule has 0 aliphatic heterocycles. The fourth-order valence-electron chi connectivity index (χ4n) is 2.93. The van der Waals surface area contributed by atoms with Crippen LogP contribution in [0.15, 0.2) is 60.1 Å². The van der Waals surface area contributed by atoms with Gasteiger partial charge in [-0.05, 0) is 74.7 Å². The van der Waals surface area contributed by atoms with Crippen molar-refractivity contribution in [3.63, 3.8) is 0 Å². The first-order valence-electron chi connectivity index (χ1n) is 10.1. The van der Waals surface area contributed by atoms with Gasteiger partial charge in [0.1, 0.15) is 11.7 Å². The zero-order valence-corrected chi connectivity index (χ0v) is 20.6. The van der Waals surface area contributed by atoms with Gasteiger partial charge in [0.25, 0.3) is 0 Å². The summed E-state index contributed by atoms with van der Waals surface area (Å²) in [5.41, 5.74) is 1.46. The van der Waals surface area contributed by atoms with Crippen molar-refractivity contribution >= 4 is 40.6 Å². The highest BCUT2D eigenvalue weighted by Crippen LogP contribution is 2.31. The summed E-state index contributed by atoms with van der Waals surface area (Å²) in [4.78, 5) is 13.0. The Kier molecular flexibility index (Phi) is 9.65. The van der Waals surface area contributed by atoms with Crippen molar-refractivity contribution < 1.29 is 14.3 Å². The van der Waals surface area contributed by atoms with Crippen LogP contribution in [0.4, 0.5) is 0 Å². The first-order valence-corrected chi connectivity index (χ1v) is 11.2. The molecule has 0 aliphatic rings. The molecule has 4 nitrogen and oxygen atoms in total. The summed E-state index contributed by atoms with van der Waals surface area (Å²) in [6.45, 7) is 7.26. The van der Waals surface area contributed by atoms with Gasteiger partial charge in [-0.1, -0.05) is 53.9 Å². The second-order valence-corrected chi connectivity index (χ2v) is 8.29. The van der Waals surface area contributed by atoms with Gasteiger partial charge >= 0.3 is 0 Å². The van der Waals surface area contributed by atoms with Gasteiger partial charge in [-0.3, -0.25) is 4.79 Å². The van der Waals surface area contributed by atoms with Crippen LogP contribution < -0.4 is 4.74 Å². The van der Waals surface area contributed by atoms with E-state index in [9.17, 15) is 10.1 Å². The summed E-state index contributed by atoms with van der Waals surface area (Å²) >= 11 is 18.3. The van der Waals surface area contributed by atoms with E-state index in [1.165, 1.54) is 6.07 Å². The lowest BCUT2D eigenvalue weighted by Gasteiger charge is -2.21. The average Bonchev–Trinajstić information content (AvgIpc) is 2.76. The Morgan fingerprint density at radius 1 is 1.09 bits per heavy atom. The standard InChI is InChI=1S/C25H24Cl3NO3/c1-5-7-24(32-23-11-8-15(3)12-21(23)28)22(6-2)31-16(4)25(30)18(14-29)17-9-10-19(26)20(27)13-17/h6-13,16,18H,5H2,1-4H3/b22-6+,24-7+. The highest BCUT2D eigenvalue weighted by atomic mass is 35.5. The van der Waals surface area contributed by atoms with Crippen LogP contribution in [0.5, 0.6) is 5.75 Å². The number of ether oxygens (including phenoxy) is 2. The maximum Gasteiger partial charge on any atom is 0.194 e. The van der Waals surface area contributed by atoms with E-state index < -0.39 is 17.8 Å². The maximum absolute atomic E-state index is 13.0. The molecule has 0 N–H and O–H groups in total. The van der Waals surface area contributed by atoms with Crippen molar-refractivity contribution in [2.45, 2.75) is 46.1 Å². The number of carbonyl (C=O) groups excluding carboxylic acids is 1. The SMILES string of the molecule is C/C=C(OC(C)C(=O)C(C#N)c1ccc(Cl)c(Cl)c1)\C(=C/CC)Oc1ccc(C)cc1Cl. The van der Waals surface area contributed by atoms with Crippen molar-refractivity contribution in [1.29, 1.82) is 5.26 Å². The number of hydrogen-bond acceptors (Lipinski definition) is 4. The van der Waals surface area contributed by atoms with Crippen LogP contribution in [0.25, 0.3) is 0 Å². The number of Topliss-reactive ketones (excluding diaryl/α,β-unsaturated/α-hetero) is 1. The molecule has 0 spiro atoms. The molecular formula is C25H24Cl3NO3. The van der Waals surface area contributed by atoms with Gasteiger partial charge in [0.2, 0.25) is 0 Å². The third-order valence-corrected chi connectivity index (χ3v) is 5.63. The van der Waals surface area contributed by atoms with E-state index >= 15 is 0 Å². The highest BCUT2D eigenvalue weighted by molar-refractivity contribution is 6.42. The van der Waals surface area contributed by atoms with Crippen molar-refractivity contribution in [1.82, 2.24) is 0 Å². The molecular weight excluding hydrogens is 469 g/mol. The van der Waals surface area contributed by atoms with Gasteiger partial charge in [-0.2, -0.15) is 5.26 Å². The van der Waals surface area contributed by atoms with Crippen LogP contribution in [0.1, 0.15) is 44.2 Å². The smallest absolute Gasteiger partial charge is 0.194 e. The lowest BCUT2D eigenvalue weighted by atomic mass is 9.93. The number of nitrogens with zero attached hydrogens (tertiary/aromatic N) is 1. The largest absolute Gasteiger partial charge is 0.479 e. The Labute approximate surface area is 204 Å². The lowest BCUT2D eigenvalue weighted by molar-refractivity contribution is -0.127. The molecule has 2 atom stereocenters. The lowest BCUT2D eigenvalue weighted by Crippen LogP contribution is -2.27. The van der Waals surface area contributed by atoms with Crippen LogP contribution in [-0.4, -0.2) is 11.9 Å². The molecule has 32 heavy (non-hydrogen) atoms. The fraction of sp³-hybridized carbons (Fsp3) is 0.280. The molecule has 0 saturated carbocycles. The molecule has 0 fully saturated rings. The van der Waals surface area contributed by atoms with E-state index in [1.807, 2.05) is 32.1 Å². The summed E-state index contributed by atoms with van der Waals surface area (Å²) in [7, 11) is 0. The molecule has 0 heterocycles. The van der Waals surface area contributed by atoms with Crippen molar-refractivity contribution in [2.75, 3.05) is 0 Å². The second kappa shape index (κ2) is 12.0. The number of rotatable bonds is 9. The molecule has 7 heteroatoms. The third-order valence-electron chi connectivity index (χ3n) is 4.60. The number of aryl methyl sites for hydroxylation is 1. The molecule has 2 unspecified atom stereocenters. The summed E-state index contributed by atoms with van der Waals surface area (Å²) < 4.78 is 11.9. The molecule has 0 radical (unpaired) electrons. The first kappa shape index (κ1) is 25.8. The van der Waals surface area contributed by atoms with Crippen LogP contribution >= 0.6 is 34.8 Å². The Morgan fingerprint density at radius 3 is 2.38 bits per heavy atom. The Hall–Kier alpha value is -2.45. The minimum atomic E-state index is -1.05. The highest BCUT2D eigenvalue weighted by Gasteiger charge is 2.28. The fourth-order valence-corrected chi connectivity index (χ4v) is 3.51. The summed E-state index contributed by atoms with van der Waals surface area (Å²) in [6.07, 6.45) is 3.29.